The van der Waals surface area contributed by atoms with Gasteiger partial charge in [-0.05, 0) is 28.5 Å². The number of hydrogen-bond acceptors (Lipinski definition) is 4. The highest BCUT2D eigenvalue weighted by Gasteiger charge is 2.09. The summed E-state index contributed by atoms with van der Waals surface area (Å²) >= 11 is 1.98. The maximum atomic E-state index is 11.9. The summed E-state index contributed by atoms with van der Waals surface area (Å²) in [7, 11) is 0. The average Bonchev–Trinajstić information content (AvgIpc) is 2.72. The molecule has 0 bridgehead atoms. The molecule has 2 aromatic rings. The SMILES string of the molecule is CC(C)Cn1ncnc1Cn1cncc(I)c1=O. The number of aromatic nitrogens is 5. The topological polar surface area (TPSA) is 65.6 Å². The Labute approximate surface area is 118 Å². The first-order valence-corrected chi connectivity index (χ1v) is 6.72. The Morgan fingerprint density at radius 3 is 2.94 bits per heavy atom. The lowest BCUT2D eigenvalue weighted by Gasteiger charge is -2.09. The summed E-state index contributed by atoms with van der Waals surface area (Å²) in [6.07, 6.45) is 4.60. The third-order valence-electron chi connectivity index (χ3n) is 2.40. The van der Waals surface area contributed by atoms with Crippen LogP contribution < -0.4 is 5.56 Å². The van der Waals surface area contributed by atoms with E-state index in [0.29, 0.717) is 16.0 Å². The molecule has 2 heterocycles. The fourth-order valence-electron chi connectivity index (χ4n) is 1.60. The molecule has 0 radical (unpaired) electrons. The Morgan fingerprint density at radius 2 is 2.22 bits per heavy atom. The van der Waals surface area contributed by atoms with Crippen molar-refractivity contribution in [2.24, 2.45) is 5.92 Å². The van der Waals surface area contributed by atoms with Gasteiger partial charge in [-0.25, -0.2) is 14.6 Å². The molecule has 0 fully saturated rings. The fraction of sp³-hybridized carbons (Fsp3) is 0.455. The zero-order valence-corrected chi connectivity index (χ0v) is 12.4. The highest BCUT2D eigenvalue weighted by atomic mass is 127. The molecule has 0 N–H and O–H groups in total. The van der Waals surface area contributed by atoms with E-state index in [1.54, 1.807) is 10.8 Å². The van der Waals surface area contributed by atoms with Gasteiger partial charge < -0.3 is 0 Å². The lowest BCUT2D eigenvalue weighted by molar-refractivity contribution is 0.459. The van der Waals surface area contributed by atoms with E-state index in [2.05, 4.69) is 28.9 Å². The summed E-state index contributed by atoms with van der Waals surface area (Å²) in [4.78, 5) is 20.1. The van der Waals surface area contributed by atoms with Gasteiger partial charge in [0.2, 0.25) is 0 Å². The highest BCUT2D eigenvalue weighted by Crippen LogP contribution is 2.02. The molecule has 0 saturated heterocycles. The summed E-state index contributed by atoms with van der Waals surface area (Å²) in [5.74, 6) is 1.26. The first-order chi connectivity index (χ1) is 8.58. The van der Waals surface area contributed by atoms with Gasteiger partial charge in [0.1, 0.15) is 12.2 Å². The van der Waals surface area contributed by atoms with Crippen molar-refractivity contribution in [3.8, 4) is 0 Å². The third kappa shape index (κ3) is 2.95. The van der Waals surface area contributed by atoms with Crippen molar-refractivity contribution in [2.45, 2.75) is 26.9 Å². The largest absolute Gasteiger partial charge is 0.291 e. The van der Waals surface area contributed by atoms with Crippen LogP contribution in [0, 0.1) is 9.49 Å². The van der Waals surface area contributed by atoms with Gasteiger partial charge in [-0.15, -0.1) is 0 Å². The van der Waals surface area contributed by atoms with Crippen molar-refractivity contribution in [1.82, 2.24) is 24.3 Å². The number of hydrogen-bond donors (Lipinski definition) is 0. The molecule has 0 atom stereocenters. The molecule has 0 aliphatic rings. The molecule has 2 aromatic heterocycles. The average molecular weight is 359 g/mol. The van der Waals surface area contributed by atoms with Gasteiger partial charge in [0.25, 0.3) is 5.56 Å². The van der Waals surface area contributed by atoms with Crippen molar-refractivity contribution in [1.29, 1.82) is 0 Å². The van der Waals surface area contributed by atoms with E-state index < -0.39 is 0 Å². The Balaban J connectivity index is 2.26. The Morgan fingerprint density at radius 1 is 1.44 bits per heavy atom. The van der Waals surface area contributed by atoms with Gasteiger partial charge in [0, 0.05) is 12.7 Å². The molecule has 18 heavy (non-hydrogen) atoms. The van der Waals surface area contributed by atoms with Gasteiger partial charge in [0.15, 0.2) is 0 Å². The van der Waals surface area contributed by atoms with Crippen molar-refractivity contribution in [2.75, 3.05) is 0 Å². The molecular weight excluding hydrogens is 345 g/mol. The standard InChI is InChI=1S/C11H14IN5O/c1-8(2)4-17-10(14-6-15-17)5-16-7-13-3-9(12)11(16)18/h3,6-8H,4-5H2,1-2H3. The van der Waals surface area contributed by atoms with Crippen LogP contribution in [0.25, 0.3) is 0 Å². The second-order valence-electron chi connectivity index (χ2n) is 4.43. The normalized spacial score (nSPS) is 11.1. The van der Waals surface area contributed by atoms with E-state index in [-0.39, 0.29) is 5.56 Å². The monoisotopic (exact) mass is 359 g/mol. The highest BCUT2D eigenvalue weighted by molar-refractivity contribution is 14.1. The van der Waals surface area contributed by atoms with Crippen LogP contribution in [0.3, 0.4) is 0 Å². The van der Waals surface area contributed by atoms with Gasteiger partial charge in [-0.3, -0.25) is 9.36 Å². The van der Waals surface area contributed by atoms with Crippen LogP contribution in [0.4, 0.5) is 0 Å². The summed E-state index contributed by atoms with van der Waals surface area (Å²) in [6, 6.07) is 0. The van der Waals surface area contributed by atoms with Crippen LogP contribution >= 0.6 is 22.6 Å². The van der Waals surface area contributed by atoms with E-state index in [9.17, 15) is 4.79 Å². The van der Waals surface area contributed by atoms with Gasteiger partial charge in [-0.2, -0.15) is 5.10 Å². The number of halogens is 1. The van der Waals surface area contributed by atoms with Gasteiger partial charge in [-0.1, -0.05) is 13.8 Å². The van der Waals surface area contributed by atoms with E-state index in [1.807, 2.05) is 27.3 Å². The van der Waals surface area contributed by atoms with Crippen LogP contribution in [-0.4, -0.2) is 24.3 Å². The van der Waals surface area contributed by atoms with Gasteiger partial charge >= 0.3 is 0 Å². The predicted molar refractivity (Wildman–Crippen MR) is 75.2 cm³/mol. The molecule has 0 aromatic carbocycles. The van der Waals surface area contributed by atoms with Crippen molar-refractivity contribution in [3.05, 3.63) is 38.6 Å². The van der Waals surface area contributed by atoms with E-state index in [1.165, 1.54) is 12.7 Å². The first-order valence-electron chi connectivity index (χ1n) is 5.64. The molecule has 0 unspecified atom stereocenters. The minimum atomic E-state index is -0.0512. The molecule has 0 amide bonds. The summed E-state index contributed by atoms with van der Waals surface area (Å²) in [6.45, 7) is 5.42. The molecule has 96 valence electrons. The van der Waals surface area contributed by atoms with Crippen LogP contribution in [0.1, 0.15) is 19.7 Å². The predicted octanol–water partition coefficient (Wildman–Crippen LogP) is 1.14. The quantitative estimate of drug-likeness (QED) is 0.769. The molecule has 7 heteroatoms. The Kier molecular flexibility index (Phi) is 4.10. The molecule has 0 aliphatic heterocycles. The van der Waals surface area contributed by atoms with E-state index >= 15 is 0 Å². The van der Waals surface area contributed by atoms with Crippen molar-refractivity contribution >= 4 is 22.6 Å². The molecular formula is C11H14IN5O. The van der Waals surface area contributed by atoms with Crippen LogP contribution in [0.5, 0.6) is 0 Å². The molecule has 6 nitrogen and oxygen atoms in total. The minimum Gasteiger partial charge on any atom is -0.291 e. The lowest BCUT2D eigenvalue weighted by Crippen LogP contribution is -2.25. The summed E-state index contributed by atoms with van der Waals surface area (Å²) in [5.41, 5.74) is -0.0512. The zero-order valence-electron chi connectivity index (χ0n) is 10.2. The van der Waals surface area contributed by atoms with Crippen LogP contribution in [-0.2, 0) is 13.1 Å². The Hall–Kier alpha value is -1.25. The van der Waals surface area contributed by atoms with E-state index in [0.717, 1.165) is 12.4 Å². The maximum Gasteiger partial charge on any atom is 0.267 e. The fourth-order valence-corrected chi connectivity index (χ4v) is 2.07. The summed E-state index contributed by atoms with van der Waals surface area (Å²) < 4.78 is 3.98. The Bertz CT molecular complexity index is 589. The van der Waals surface area contributed by atoms with E-state index in [4.69, 9.17) is 0 Å². The zero-order chi connectivity index (χ0) is 13.1. The smallest absolute Gasteiger partial charge is 0.267 e. The number of rotatable bonds is 4. The second kappa shape index (κ2) is 5.59. The second-order valence-corrected chi connectivity index (χ2v) is 5.59. The third-order valence-corrected chi connectivity index (χ3v) is 3.14. The molecule has 0 spiro atoms. The van der Waals surface area contributed by atoms with Crippen molar-refractivity contribution < 1.29 is 0 Å². The summed E-state index contributed by atoms with van der Waals surface area (Å²) in [5, 5.41) is 4.17. The maximum absolute atomic E-state index is 11.9. The first kappa shape index (κ1) is 13.2. The van der Waals surface area contributed by atoms with Crippen LogP contribution in [0.15, 0.2) is 23.6 Å². The van der Waals surface area contributed by atoms with Gasteiger partial charge in [0.05, 0.1) is 16.4 Å². The minimum absolute atomic E-state index is 0.0512. The van der Waals surface area contributed by atoms with Crippen LogP contribution in [0.2, 0.25) is 0 Å². The molecule has 0 saturated carbocycles. The molecule has 0 aliphatic carbocycles. The molecule has 2 rings (SSSR count). The number of nitrogens with zero attached hydrogens (tertiary/aromatic N) is 5. The van der Waals surface area contributed by atoms with Crippen molar-refractivity contribution in [3.63, 3.8) is 0 Å². The lowest BCUT2D eigenvalue weighted by atomic mass is 10.2.